The van der Waals surface area contributed by atoms with Crippen LogP contribution < -0.4 is 9.64 Å². The van der Waals surface area contributed by atoms with Crippen LogP contribution in [0, 0.1) is 22.5 Å². The number of nitro groups is 1. The molecule has 36 heavy (non-hydrogen) atoms. The second kappa shape index (κ2) is 9.52. The molecule has 4 rings (SSSR count). The number of methoxy groups -OCH3 is 1. The standard InChI is InChI=1S/C26H31N7O3/c1-8-31(9-2)17-10-12-20(16(3)14-17)27-22-23(26(4,5)6)30-32-24(28-29-25(22)32)19-15-18(33(34)35)11-13-21(19)36-7/h10-15H,8-9H2,1-7H3. The molecule has 10 nitrogen and oxygen atoms in total. The fourth-order valence-electron chi connectivity index (χ4n) is 4.21. The summed E-state index contributed by atoms with van der Waals surface area (Å²) in [4.78, 5) is 18.2. The summed E-state index contributed by atoms with van der Waals surface area (Å²) in [6, 6.07) is 10.6. The van der Waals surface area contributed by atoms with Crippen LogP contribution in [0.4, 0.5) is 17.1 Å². The van der Waals surface area contributed by atoms with Crippen molar-refractivity contribution in [2.45, 2.75) is 41.5 Å². The number of ether oxygens (including phenoxy) is 1. The normalized spacial score (nSPS) is 14.1. The molecule has 0 N–H and O–H groups in total. The van der Waals surface area contributed by atoms with E-state index in [0.717, 1.165) is 35.7 Å². The molecule has 2 aromatic carbocycles. The molecule has 0 aliphatic carbocycles. The van der Waals surface area contributed by atoms with Gasteiger partial charge in [-0.3, -0.25) is 10.1 Å². The molecule has 0 unspecified atom stereocenters. The molecule has 0 bridgehead atoms. The molecule has 1 aliphatic rings. The fraction of sp³-hybridized carbons (Fsp3) is 0.385. The number of aryl methyl sites for hydroxylation is 1. The Morgan fingerprint density at radius 1 is 1.08 bits per heavy atom. The van der Waals surface area contributed by atoms with E-state index in [1.165, 1.54) is 19.2 Å². The predicted molar refractivity (Wildman–Crippen MR) is 142 cm³/mol. The summed E-state index contributed by atoms with van der Waals surface area (Å²) in [6.07, 6.45) is 0. The van der Waals surface area contributed by atoms with Gasteiger partial charge in [0.2, 0.25) is 5.82 Å². The lowest BCUT2D eigenvalue weighted by atomic mass is 9.87. The molecule has 0 saturated heterocycles. The molecule has 188 valence electrons. The van der Waals surface area contributed by atoms with Crippen LogP contribution in [-0.2, 0) is 0 Å². The van der Waals surface area contributed by atoms with E-state index in [4.69, 9.17) is 14.8 Å². The first-order valence-corrected chi connectivity index (χ1v) is 11.9. The largest absolute Gasteiger partial charge is 0.496 e. The van der Waals surface area contributed by atoms with Gasteiger partial charge >= 0.3 is 0 Å². The van der Waals surface area contributed by atoms with Crippen LogP contribution in [0.3, 0.4) is 0 Å². The van der Waals surface area contributed by atoms with Crippen LogP contribution in [0.5, 0.6) is 5.75 Å². The molecular weight excluding hydrogens is 458 g/mol. The van der Waals surface area contributed by atoms with Crippen molar-refractivity contribution in [2.24, 2.45) is 15.5 Å². The van der Waals surface area contributed by atoms with E-state index in [0.29, 0.717) is 28.7 Å². The van der Waals surface area contributed by atoms with Crippen LogP contribution >= 0.6 is 0 Å². The lowest BCUT2D eigenvalue weighted by Crippen LogP contribution is -2.27. The summed E-state index contributed by atoms with van der Waals surface area (Å²) >= 11 is 0. The van der Waals surface area contributed by atoms with Gasteiger partial charge in [-0.2, -0.15) is 9.78 Å². The summed E-state index contributed by atoms with van der Waals surface area (Å²) in [6.45, 7) is 14.4. The van der Waals surface area contributed by atoms with E-state index in [2.05, 4.69) is 61.8 Å². The number of aliphatic imine (C=N–C) groups is 1. The van der Waals surface area contributed by atoms with E-state index in [9.17, 15) is 10.1 Å². The second-order valence-corrected chi connectivity index (χ2v) is 9.60. The van der Waals surface area contributed by atoms with Crippen molar-refractivity contribution >= 4 is 28.5 Å². The van der Waals surface area contributed by atoms with Gasteiger partial charge in [0.15, 0.2) is 5.82 Å². The highest BCUT2D eigenvalue weighted by atomic mass is 16.6. The number of hydrogen-bond donors (Lipinski definition) is 0. The molecule has 0 saturated carbocycles. The third kappa shape index (κ3) is 4.46. The van der Waals surface area contributed by atoms with E-state index >= 15 is 0 Å². The van der Waals surface area contributed by atoms with E-state index in [1.807, 2.05) is 13.0 Å². The number of fused-ring (bicyclic) bond motifs is 1. The first kappa shape index (κ1) is 25.0. The van der Waals surface area contributed by atoms with Gasteiger partial charge in [0, 0.05) is 36.3 Å². The van der Waals surface area contributed by atoms with Gasteiger partial charge < -0.3 is 9.64 Å². The predicted octanol–water partition coefficient (Wildman–Crippen LogP) is 5.40. The zero-order valence-electron chi connectivity index (χ0n) is 21.7. The van der Waals surface area contributed by atoms with Crippen LogP contribution in [0.2, 0.25) is 0 Å². The third-order valence-electron chi connectivity index (χ3n) is 6.16. The SMILES string of the molecule is CCN(CC)c1ccc(N=C2C(C(C)(C)C)=Nn3c2nnc3-c2cc([N+](=O)[O-])ccc2OC)c(C)c1. The van der Waals surface area contributed by atoms with E-state index in [1.54, 1.807) is 10.7 Å². The maximum Gasteiger partial charge on any atom is 0.270 e. The Morgan fingerprint density at radius 2 is 1.78 bits per heavy atom. The lowest BCUT2D eigenvalue weighted by Gasteiger charge is -2.22. The monoisotopic (exact) mass is 489 g/mol. The summed E-state index contributed by atoms with van der Waals surface area (Å²) < 4.78 is 7.06. The highest BCUT2D eigenvalue weighted by Crippen LogP contribution is 2.36. The molecule has 0 atom stereocenters. The zero-order chi connectivity index (χ0) is 26.2. The Bertz CT molecular complexity index is 1380. The van der Waals surface area contributed by atoms with Crippen molar-refractivity contribution in [3.63, 3.8) is 0 Å². The molecule has 3 aromatic rings. The number of nitro benzene ring substituents is 1. The van der Waals surface area contributed by atoms with Crippen LogP contribution in [0.25, 0.3) is 11.4 Å². The Morgan fingerprint density at radius 3 is 2.36 bits per heavy atom. The summed E-state index contributed by atoms with van der Waals surface area (Å²) in [5.74, 6) is 1.28. The van der Waals surface area contributed by atoms with Gasteiger partial charge in [-0.25, -0.2) is 4.99 Å². The average Bonchev–Trinajstić information content (AvgIpc) is 3.41. The number of aromatic nitrogens is 3. The van der Waals surface area contributed by atoms with Crippen molar-refractivity contribution in [1.82, 2.24) is 14.9 Å². The van der Waals surface area contributed by atoms with Gasteiger partial charge in [0.1, 0.15) is 11.5 Å². The molecule has 10 heteroatoms. The van der Waals surface area contributed by atoms with Crippen molar-refractivity contribution in [3.05, 3.63) is 57.9 Å². The van der Waals surface area contributed by atoms with Gasteiger partial charge in [0.05, 0.1) is 29.0 Å². The maximum absolute atomic E-state index is 11.4. The number of anilines is 1. The Balaban J connectivity index is 1.86. The highest BCUT2D eigenvalue weighted by molar-refractivity contribution is 6.50. The summed E-state index contributed by atoms with van der Waals surface area (Å²) in [5, 5.41) is 25.0. The smallest absolute Gasteiger partial charge is 0.270 e. The molecule has 0 radical (unpaired) electrons. The van der Waals surface area contributed by atoms with Gasteiger partial charge in [0.25, 0.3) is 5.69 Å². The van der Waals surface area contributed by atoms with Crippen LogP contribution in [0.15, 0.2) is 46.5 Å². The average molecular weight is 490 g/mol. The van der Waals surface area contributed by atoms with Crippen molar-refractivity contribution < 1.29 is 9.66 Å². The topological polar surface area (TPSA) is 111 Å². The van der Waals surface area contributed by atoms with E-state index < -0.39 is 4.92 Å². The summed E-state index contributed by atoms with van der Waals surface area (Å²) in [7, 11) is 1.51. The number of benzene rings is 2. The molecule has 2 heterocycles. The Labute approximate surface area is 210 Å². The van der Waals surface area contributed by atoms with Crippen molar-refractivity contribution in [3.8, 4) is 17.1 Å². The van der Waals surface area contributed by atoms with E-state index in [-0.39, 0.29) is 11.1 Å². The zero-order valence-corrected chi connectivity index (χ0v) is 21.7. The number of nitrogens with zero attached hydrogens (tertiary/aromatic N) is 7. The third-order valence-corrected chi connectivity index (χ3v) is 6.16. The number of rotatable bonds is 7. The Kier molecular flexibility index (Phi) is 6.62. The Hall–Kier alpha value is -4.08. The second-order valence-electron chi connectivity index (χ2n) is 9.60. The molecular formula is C26H31N7O3. The molecule has 0 amide bonds. The van der Waals surface area contributed by atoms with Gasteiger partial charge in [-0.1, -0.05) is 20.8 Å². The molecule has 0 fully saturated rings. The van der Waals surface area contributed by atoms with Crippen molar-refractivity contribution in [1.29, 1.82) is 0 Å². The molecule has 1 aromatic heterocycles. The van der Waals surface area contributed by atoms with Crippen LogP contribution in [-0.4, -0.2) is 51.4 Å². The quantitative estimate of drug-likeness (QED) is 0.324. The maximum atomic E-state index is 11.4. The van der Waals surface area contributed by atoms with Crippen LogP contribution in [0.1, 0.15) is 46.0 Å². The highest BCUT2D eigenvalue weighted by Gasteiger charge is 2.36. The number of hydrogen-bond acceptors (Lipinski definition) is 8. The molecule has 1 aliphatic heterocycles. The lowest BCUT2D eigenvalue weighted by molar-refractivity contribution is -0.384. The van der Waals surface area contributed by atoms with Crippen molar-refractivity contribution in [2.75, 3.05) is 25.1 Å². The minimum absolute atomic E-state index is 0.0704. The summed E-state index contributed by atoms with van der Waals surface area (Å²) in [5.41, 5.74) is 4.43. The fourth-order valence-corrected chi connectivity index (χ4v) is 4.21. The number of non-ortho nitro benzene ring substituents is 1. The minimum Gasteiger partial charge on any atom is -0.496 e. The minimum atomic E-state index is -0.453. The molecule has 0 spiro atoms. The first-order valence-electron chi connectivity index (χ1n) is 11.9. The van der Waals surface area contributed by atoms with Gasteiger partial charge in [-0.15, -0.1) is 10.2 Å². The van der Waals surface area contributed by atoms with Gasteiger partial charge in [-0.05, 0) is 50.6 Å². The first-order chi connectivity index (χ1) is 17.1.